The summed E-state index contributed by atoms with van der Waals surface area (Å²) in [4.78, 5) is 30.5. The fourth-order valence-electron chi connectivity index (χ4n) is 3.77. The van der Waals surface area contributed by atoms with Gasteiger partial charge in [-0.2, -0.15) is 26.3 Å². The number of likely N-dealkylation sites (N-methyl/N-ethyl adjacent to an activating group) is 1. The number of nitrogens with one attached hydrogen (secondary N) is 1. The molecule has 0 aliphatic heterocycles. The van der Waals surface area contributed by atoms with E-state index in [1.165, 1.54) is 19.2 Å². The van der Waals surface area contributed by atoms with Crippen LogP contribution >= 0.6 is 11.6 Å². The fourth-order valence-corrected chi connectivity index (χ4v) is 3.89. The zero-order valence-electron chi connectivity index (χ0n) is 21.1. The highest BCUT2D eigenvalue weighted by Gasteiger charge is 2.38. The molecule has 1 N–H and O–H groups in total. The van der Waals surface area contributed by atoms with Crippen molar-refractivity contribution in [2.45, 2.75) is 31.2 Å². The largest absolute Gasteiger partial charge is 0.416 e. The van der Waals surface area contributed by atoms with Crippen LogP contribution in [0.25, 0.3) is 0 Å². The molecule has 0 saturated carbocycles. The van der Waals surface area contributed by atoms with Gasteiger partial charge in [0.2, 0.25) is 5.91 Å². The molecule has 5 nitrogen and oxygen atoms in total. The van der Waals surface area contributed by atoms with Gasteiger partial charge in [0.05, 0.1) is 17.2 Å². The van der Waals surface area contributed by atoms with E-state index in [1.807, 2.05) is 0 Å². The van der Waals surface area contributed by atoms with Gasteiger partial charge in [-0.3, -0.25) is 14.6 Å². The van der Waals surface area contributed by atoms with Crippen LogP contribution in [0.4, 0.5) is 26.3 Å². The van der Waals surface area contributed by atoms with Crippen LogP contribution in [0, 0.1) is 0 Å². The van der Waals surface area contributed by atoms with Crippen LogP contribution in [-0.4, -0.2) is 41.3 Å². The van der Waals surface area contributed by atoms with Crippen LogP contribution in [0.1, 0.15) is 32.6 Å². The van der Waals surface area contributed by atoms with Crippen molar-refractivity contribution in [2.75, 3.05) is 13.6 Å². The lowest BCUT2D eigenvalue weighted by Gasteiger charge is -2.27. The summed E-state index contributed by atoms with van der Waals surface area (Å²) in [5.41, 5.74) is -2.38. The van der Waals surface area contributed by atoms with E-state index in [2.05, 4.69) is 10.3 Å². The van der Waals surface area contributed by atoms with Crippen molar-refractivity contribution in [1.82, 2.24) is 15.2 Å². The van der Waals surface area contributed by atoms with Gasteiger partial charge in [-0.05, 0) is 66.4 Å². The van der Waals surface area contributed by atoms with Crippen molar-refractivity contribution >= 4 is 23.4 Å². The number of hydrogen-bond donors (Lipinski definition) is 1. The first-order valence-electron chi connectivity index (χ1n) is 11.9. The molecule has 12 heteroatoms. The molecule has 0 fully saturated rings. The molecule has 0 saturated heterocycles. The van der Waals surface area contributed by atoms with E-state index in [9.17, 15) is 35.9 Å². The van der Waals surface area contributed by atoms with Gasteiger partial charge in [-0.15, -0.1) is 0 Å². The summed E-state index contributed by atoms with van der Waals surface area (Å²) in [6.45, 7) is 0.300. The number of benzene rings is 2. The highest BCUT2D eigenvalue weighted by molar-refractivity contribution is 6.30. The van der Waals surface area contributed by atoms with Gasteiger partial charge in [0, 0.05) is 42.6 Å². The highest BCUT2D eigenvalue weighted by atomic mass is 35.5. The molecule has 0 aliphatic carbocycles. The topological polar surface area (TPSA) is 62.3 Å². The molecule has 212 valence electrons. The van der Waals surface area contributed by atoms with Crippen molar-refractivity contribution < 1.29 is 35.9 Å². The van der Waals surface area contributed by atoms with Gasteiger partial charge in [0.1, 0.15) is 0 Å². The summed E-state index contributed by atoms with van der Waals surface area (Å²) in [7, 11) is 1.24. The minimum atomic E-state index is -5.11. The fraction of sp³-hybridized carbons (Fsp3) is 0.250. The monoisotopic (exact) mass is 583 g/mol. The summed E-state index contributed by atoms with van der Waals surface area (Å²) in [6.07, 6.45) is -3.80. The first-order valence-corrected chi connectivity index (χ1v) is 12.3. The van der Waals surface area contributed by atoms with Crippen LogP contribution in [0.3, 0.4) is 0 Å². The molecule has 1 aromatic heterocycles. The molecule has 1 atom stereocenters. The van der Waals surface area contributed by atoms with Crippen LogP contribution in [0.15, 0.2) is 79.1 Å². The Hall–Kier alpha value is -3.86. The maximum atomic E-state index is 13.3. The Balaban J connectivity index is 1.85. The Bertz CT molecular complexity index is 1310. The molecule has 1 unspecified atom stereocenters. The smallest absolute Gasteiger partial charge is 0.352 e. The number of halogens is 7. The molecular formula is C28H24ClF6N3O2. The SMILES string of the molecule is CN(C(=O)c1cc(C(F)(F)F)cc(C(F)(F)F)c1)C(C=CC(=O)NCCc1ccncc1)Cc1ccc(Cl)cc1. The minimum Gasteiger partial charge on any atom is -0.352 e. The number of rotatable bonds is 9. The summed E-state index contributed by atoms with van der Waals surface area (Å²) in [6, 6.07) is 9.89. The van der Waals surface area contributed by atoms with E-state index in [4.69, 9.17) is 11.6 Å². The molecular weight excluding hydrogens is 560 g/mol. The molecule has 0 aliphatic rings. The third-order valence-corrected chi connectivity index (χ3v) is 6.19. The van der Waals surface area contributed by atoms with Crippen molar-refractivity contribution in [2.24, 2.45) is 0 Å². The number of hydrogen-bond acceptors (Lipinski definition) is 3. The molecule has 0 radical (unpaired) electrons. The quantitative estimate of drug-likeness (QED) is 0.235. The Morgan fingerprint density at radius 1 is 0.925 bits per heavy atom. The van der Waals surface area contributed by atoms with Gasteiger partial charge in [0.15, 0.2) is 0 Å². The second kappa shape index (κ2) is 13.0. The van der Waals surface area contributed by atoms with Crippen molar-refractivity contribution in [3.05, 3.63) is 112 Å². The second-order valence-corrected chi connectivity index (χ2v) is 9.30. The third kappa shape index (κ3) is 8.84. The van der Waals surface area contributed by atoms with Crippen molar-refractivity contribution in [3.8, 4) is 0 Å². The Labute approximate surface area is 231 Å². The molecule has 3 rings (SSSR count). The lowest BCUT2D eigenvalue weighted by Crippen LogP contribution is -2.38. The van der Waals surface area contributed by atoms with Gasteiger partial charge in [-0.25, -0.2) is 0 Å². The Morgan fingerprint density at radius 3 is 2.05 bits per heavy atom. The van der Waals surface area contributed by atoms with Crippen LogP contribution in [0.2, 0.25) is 5.02 Å². The first-order chi connectivity index (χ1) is 18.7. The van der Waals surface area contributed by atoms with Crippen molar-refractivity contribution in [3.63, 3.8) is 0 Å². The van der Waals surface area contributed by atoms with Crippen LogP contribution < -0.4 is 5.32 Å². The lowest BCUT2D eigenvalue weighted by atomic mass is 10.0. The molecule has 2 aromatic carbocycles. The van der Waals surface area contributed by atoms with E-state index >= 15 is 0 Å². The normalized spacial score (nSPS) is 12.8. The van der Waals surface area contributed by atoms with Gasteiger partial charge >= 0.3 is 12.4 Å². The van der Waals surface area contributed by atoms with Gasteiger partial charge < -0.3 is 10.2 Å². The molecule has 0 bridgehead atoms. The number of pyridine rings is 1. The predicted octanol–water partition coefficient (Wildman–Crippen LogP) is 6.37. The average molecular weight is 584 g/mol. The predicted molar refractivity (Wildman–Crippen MR) is 138 cm³/mol. The molecule has 1 heterocycles. The summed E-state index contributed by atoms with van der Waals surface area (Å²) >= 11 is 5.92. The van der Waals surface area contributed by atoms with E-state index < -0.39 is 46.9 Å². The highest BCUT2D eigenvalue weighted by Crippen LogP contribution is 2.36. The zero-order chi connectivity index (χ0) is 29.5. The first kappa shape index (κ1) is 30.7. The molecule has 40 heavy (non-hydrogen) atoms. The zero-order valence-corrected chi connectivity index (χ0v) is 21.8. The van der Waals surface area contributed by atoms with E-state index in [0.29, 0.717) is 35.7 Å². The van der Waals surface area contributed by atoms with Crippen LogP contribution in [0.5, 0.6) is 0 Å². The number of nitrogens with zero attached hydrogens (tertiary/aromatic N) is 2. The molecule has 2 amide bonds. The minimum absolute atomic E-state index is 0.0435. The maximum absolute atomic E-state index is 13.3. The third-order valence-electron chi connectivity index (χ3n) is 5.94. The maximum Gasteiger partial charge on any atom is 0.416 e. The number of alkyl halides is 6. The lowest BCUT2D eigenvalue weighted by molar-refractivity contribution is -0.143. The standard InChI is InChI=1S/C28H24ClF6N3O2/c1-38(26(40)20-15-21(27(30,31)32)17-22(16-20)28(33,34)35)24(14-19-2-4-23(29)5-3-19)6-7-25(39)37-13-10-18-8-11-36-12-9-18/h2-9,11-12,15-17,24H,10,13-14H2,1H3,(H,37,39). The Morgan fingerprint density at radius 2 is 1.50 bits per heavy atom. The summed E-state index contributed by atoms with van der Waals surface area (Å²) in [5, 5.41) is 3.13. The number of carbonyl (C=O) groups is 2. The van der Waals surface area contributed by atoms with Gasteiger partial charge in [-0.1, -0.05) is 29.8 Å². The van der Waals surface area contributed by atoms with E-state index in [-0.39, 0.29) is 12.5 Å². The summed E-state index contributed by atoms with van der Waals surface area (Å²) in [5.74, 6) is -1.58. The number of aromatic nitrogens is 1. The number of amides is 2. The van der Waals surface area contributed by atoms with E-state index in [0.717, 1.165) is 10.5 Å². The molecule has 3 aromatic rings. The van der Waals surface area contributed by atoms with Crippen molar-refractivity contribution in [1.29, 1.82) is 0 Å². The molecule has 0 spiro atoms. The number of carbonyl (C=O) groups excluding carboxylic acids is 2. The Kier molecular flexibility index (Phi) is 9.97. The van der Waals surface area contributed by atoms with Gasteiger partial charge in [0.25, 0.3) is 5.91 Å². The second-order valence-electron chi connectivity index (χ2n) is 8.86. The van der Waals surface area contributed by atoms with E-state index in [1.54, 1.807) is 48.8 Å². The van der Waals surface area contributed by atoms with Crippen LogP contribution in [-0.2, 0) is 30.0 Å². The average Bonchev–Trinajstić information content (AvgIpc) is 2.90. The summed E-state index contributed by atoms with van der Waals surface area (Å²) < 4.78 is 80.0.